The highest BCUT2D eigenvalue weighted by molar-refractivity contribution is 6.31. The minimum absolute atomic E-state index is 0.136. The largest absolute Gasteiger partial charge is 0.468 e. The van der Waals surface area contributed by atoms with Crippen molar-refractivity contribution in [3.8, 4) is 0 Å². The first-order valence-electron chi connectivity index (χ1n) is 6.93. The first-order valence-corrected chi connectivity index (χ1v) is 7.31. The Balaban J connectivity index is 2.06. The van der Waals surface area contributed by atoms with Crippen molar-refractivity contribution in [1.82, 2.24) is 9.55 Å². The van der Waals surface area contributed by atoms with Crippen LogP contribution < -0.4 is 0 Å². The molecule has 0 amide bonds. The van der Waals surface area contributed by atoms with E-state index in [9.17, 15) is 4.79 Å². The number of nitrogens with zero attached hydrogens (tertiary/aromatic N) is 2. The summed E-state index contributed by atoms with van der Waals surface area (Å²) in [4.78, 5) is 16.3. The van der Waals surface area contributed by atoms with E-state index in [1.165, 1.54) is 7.11 Å². The molecule has 0 aliphatic carbocycles. The highest BCUT2D eigenvalue weighted by Gasteiger charge is 2.15. The Morgan fingerprint density at radius 3 is 2.68 bits per heavy atom. The summed E-state index contributed by atoms with van der Waals surface area (Å²) < 4.78 is 6.67. The molecule has 1 aromatic heterocycles. The maximum absolute atomic E-state index is 11.7. The van der Waals surface area contributed by atoms with Crippen molar-refractivity contribution in [3.63, 3.8) is 0 Å². The topological polar surface area (TPSA) is 44.1 Å². The fourth-order valence-corrected chi connectivity index (χ4v) is 2.65. The van der Waals surface area contributed by atoms with Gasteiger partial charge in [-0.2, -0.15) is 0 Å². The van der Waals surface area contributed by atoms with Crippen LogP contribution in [0.1, 0.15) is 11.4 Å². The van der Waals surface area contributed by atoms with Crippen molar-refractivity contribution >= 4 is 28.6 Å². The lowest BCUT2D eigenvalue weighted by molar-refractivity contribution is -0.141. The third-order valence-corrected chi connectivity index (χ3v) is 3.92. The van der Waals surface area contributed by atoms with Gasteiger partial charge in [-0.15, -0.1) is 0 Å². The lowest BCUT2D eigenvalue weighted by Crippen LogP contribution is -2.14. The van der Waals surface area contributed by atoms with Crippen molar-refractivity contribution in [2.75, 3.05) is 7.11 Å². The van der Waals surface area contributed by atoms with Crippen LogP contribution in [0.3, 0.4) is 0 Å². The average Bonchev–Trinajstić information content (AvgIpc) is 2.87. The second-order valence-electron chi connectivity index (χ2n) is 4.95. The van der Waals surface area contributed by atoms with Crippen LogP contribution in [0.2, 0.25) is 5.02 Å². The molecule has 5 heteroatoms. The molecule has 0 bridgehead atoms. The van der Waals surface area contributed by atoms with Crippen LogP contribution in [0, 0.1) is 0 Å². The van der Waals surface area contributed by atoms with Gasteiger partial charge in [0.05, 0.1) is 18.1 Å². The number of para-hydroxylation sites is 2. The smallest absolute Gasteiger partial charge is 0.325 e. The van der Waals surface area contributed by atoms with Gasteiger partial charge in [-0.1, -0.05) is 41.9 Å². The molecule has 0 saturated carbocycles. The number of halogens is 1. The van der Waals surface area contributed by atoms with Gasteiger partial charge in [-0.25, -0.2) is 4.98 Å². The highest BCUT2D eigenvalue weighted by atomic mass is 35.5. The summed E-state index contributed by atoms with van der Waals surface area (Å²) in [7, 11) is 1.38. The SMILES string of the molecule is COC(=O)Cn1c(Cc2ccccc2Cl)nc2ccccc21. The second-order valence-corrected chi connectivity index (χ2v) is 5.35. The Labute approximate surface area is 133 Å². The van der Waals surface area contributed by atoms with Gasteiger partial charge in [0.1, 0.15) is 12.4 Å². The molecule has 4 nitrogen and oxygen atoms in total. The molecule has 0 aliphatic rings. The van der Waals surface area contributed by atoms with Gasteiger partial charge in [0.25, 0.3) is 0 Å². The van der Waals surface area contributed by atoms with E-state index in [4.69, 9.17) is 16.3 Å². The molecule has 2 aromatic carbocycles. The zero-order valence-electron chi connectivity index (χ0n) is 12.1. The number of esters is 1. The average molecular weight is 315 g/mol. The number of hydrogen-bond donors (Lipinski definition) is 0. The lowest BCUT2D eigenvalue weighted by atomic mass is 10.1. The van der Waals surface area contributed by atoms with E-state index in [0.717, 1.165) is 22.4 Å². The molecule has 112 valence electrons. The molecule has 3 rings (SSSR count). The van der Waals surface area contributed by atoms with E-state index >= 15 is 0 Å². The van der Waals surface area contributed by atoms with E-state index in [2.05, 4.69) is 4.98 Å². The minimum atomic E-state index is -0.302. The van der Waals surface area contributed by atoms with Gasteiger partial charge in [-0.3, -0.25) is 4.79 Å². The number of ether oxygens (including phenoxy) is 1. The Kier molecular flexibility index (Phi) is 4.11. The molecular formula is C17H15ClN2O2. The van der Waals surface area contributed by atoms with Crippen LogP contribution >= 0.6 is 11.6 Å². The number of aromatic nitrogens is 2. The van der Waals surface area contributed by atoms with Crippen molar-refractivity contribution in [1.29, 1.82) is 0 Å². The number of carbonyl (C=O) groups excluding carboxylic acids is 1. The Hall–Kier alpha value is -2.33. The Morgan fingerprint density at radius 2 is 1.91 bits per heavy atom. The molecule has 0 unspecified atom stereocenters. The molecule has 0 spiro atoms. The van der Waals surface area contributed by atoms with E-state index in [1.54, 1.807) is 0 Å². The number of rotatable bonds is 4. The van der Waals surface area contributed by atoms with Gasteiger partial charge < -0.3 is 9.30 Å². The molecule has 0 radical (unpaired) electrons. The third kappa shape index (κ3) is 2.83. The van der Waals surface area contributed by atoms with Gasteiger partial charge in [0.2, 0.25) is 0 Å². The minimum Gasteiger partial charge on any atom is -0.468 e. The van der Waals surface area contributed by atoms with Crippen LogP contribution in [0.15, 0.2) is 48.5 Å². The lowest BCUT2D eigenvalue weighted by Gasteiger charge is -2.09. The summed E-state index contributed by atoms with van der Waals surface area (Å²) in [6.07, 6.45) is 0.561. The van der Waals surface area contributed by atoms with E-state index < -0.39 is 0 Å². The maximum atomic E-state index is 11.7. The number of methoxy groups -OCH3 is 1. The summed E-state index contributed by atoms with van der Waals surface area (Å²) in [5.41, 5.74) is 2.74. The van der Waals surface area contributed by atoms with Crippen LogP contribution in [0.25, 0.3) is 11.0 Å². The first-order chi connectivity index (χ1) is 10.7. The molecular weight excluding hydrogens is 300 g/mol. The van der Waals surface area contributed by atoms with E-state index in [-0.39, 0.29) is 12.5 Å². The number of carbonyl (C=O) groups is 1. The van der Waals surface area contributed by atoms with Gasteiger partial charge in [0.15, 0.2) is 0 Å². The Morgan fingerprint density at radius 1 is 1.18 bits per heavy atom. The first kappa shape index (κ1) is 14.6. The monoisotopic (exact) mass is 314 g/mol. The molecule has 0 fully saturated rings. The molecule has 0 saturated heterocycles. The van der Waals surface area contributed by atoms with Crippen LogP contribution in [0.5, 0.6) is 0 Å². The normalized spacial score (nSPS) is 10.8. The number of benzene rings is 2. The standard InChI is InChI=1S/C17H15ClN2O2/c1-22-17(21)11-20-15-9-5-4-8-14(15)19-16(20)10-12-6-2-3-7-13(12)18/h2-9H,10-11H2,1H3. The fourth-order valence-electron chi connectivity index (χ4n) is 2.44. The van der Waals surface area contributed by atoms with E-state index in [0.29, 0.717) is 11.4 Å². The number of fused-ring (bicyclic) bond motifs is 1. The van der Waals surface area contributed by atoms with E-state index in [1.807, 2.05) is 53.1 Å². The maximum Gasteiger partial charge on any atom is 0.325 e. The van der Waals surface area contributed by atoms with Crippen LogP contribution in [-0.4, -0.2) is 22.6 Å². The van der Waals surface area contributed by atoms with Crippen LogP contribution in [-0.2, 0) is 22.5 Å². The van der Waals surface area contributed by atoms with Crippen molar-refractivity contribution in [2.24, 2.45) is 0 Å². The molecule has 0 atom stereocenters. The molecule has 0 aliphatic heterocycles. The Bertz CT molecular complexity index is 826. The molecule has 3 aromatic rings. The predicted octanol–water partition coefficient (Wildman–Crippen LogP) is 3.45. The fraction of sp³-hybridized carbons (Fsp3) is 0.176. The molecule has 0 N–H and O–H groups in total. The summed E-state index contributed by atoms with van der Waals surface area (Å²) in [5.74, 6) is 0.489. The summed E-state index contributed by atoms with van der Waals surface area (Å²) in [5, 5.41) is 0.694. The quantitative estimate of drug-likeness (QED) is 0.693. The van der Waals surface area contributed by atoms with Gasteiger partial charge in [0, 0.05) is 11.4 Å². The zero-order valence-corrected chi connectivity index (χ0v) is 12.9. The molecule has 22 heavy (non-hydrogen) atoms. The van der Waals surface area contributed by atoms with Crippen LogP contribution in [0.4, 0.5) is 0 Å². The van der Waals surface area contributed by atoms with Crippen molar-refractivity contribution in [2.45, 2.75) is 13.0 Å². The zero-order chi connectivity index (χ0) is 15.5. The molecule has 1 heterocycles. The van der Waals surface area contributed by atoms with Gasteiger partial charge in [-0.05, 0) is 23.8 Å². The highest BCUT2D eigenvalue weighted by Crippen LogP contribution is 2.22. The second kappa shape index (κ2) is 6.20. The summed E-state index contributed by atoms with van der Waals surface area (Å²) in [6.45, 7) is 0.136. The number of imidazole rings is 1. The number of hydrogen-bond acceptors (Lipinski definition) is 3. The van der Waals surface area contributed by atoms with Gasteiger partial charge >= 0.3 is 5.97 Å². The summed E-state index contributed by atoms with van der Waals surface area (Å²) in [6, 6.07) is 15.4. The summed E-state index contributed by atoms with van der Waals surface area (Å²) >= 11 is 6.23. The van der Waals surface area contributed by atoms with Crippen molar-refractivity contribution < 1.29 is 9.53 Å². The predicted molar refractivity (Wildman–Crippen MR) is 86.0 cm³/mol. The third-order valence-electron chi connectivity index (χ3n) is 3.55. The van der Waals surface area contributed by atoms with Crippen molar-refractivity contribution in [3.05, 3.63) is 64.9 Å².